The third kappa shape index (κ3) is 4.56. The van der Waals surface area contributed by atoms with Crippen molar-refractivity contribution in [3.05, 3.63) is 63.6 Å². The van der Waals surface area contributed by atoms with Gasteiger partial charge in [-0.25, -0.2) is 0 Å². The molecule has 0 aliphatic carbocycles. The average molecular weight is 406 g/mol. The summed E-state index contributed by atoms with van der Waals surface area (Å²) < 4.78 is 2.07. The number of rotatable bonds is 5. The molecule has 6 heteroatoms. The van der Waals surface area contributed by atoms with Crippen LogP contribution in [-0.2, 0) is 5.75 Å². The quantitative estimate of drug-likeness (QED) is 0.531. The van der Waals surface area contributed by atoms with Gasteiger partial charge in [0.1, 0.15) is 0 Å². The molecule has 3 nitrogen and oxygen atoms in total. The van der Waals surface area contributed by atoms with Crippen molar-refractivity contribution in [2.45, 2.75) is 23.9 Å². The molecule has 23 heavy (non-hydrogen) atoms. The maximum absolute atomic E-state index is 4.24. The Bertz CT molecular complexity index is 800. The Morgan fingerprint density at radius 3 is 2.57 bits per heavy atom. The molecule has 3 aromatic rings. The first-order valence-corrected chi connectivity index (χ1v) is 9.75. The summed E-state index contributed by atoms with van der Waals surface area (Å²) >= 11 is 6.74. The van der Waals surface area contributed by atoms with Crippen LogP contribution < -0.4 is 5.32 Å². The molecular formula is C17H16BrN3S2. The molecule has 2 aromatic carbocycles. The van der Waals surface area contributed by atoms with Crippen LogP contribution in [0.15, 0.2) is 51.3 Å². The Morgan fingerprint density at radius 1 is 1.04 bits per heavy atom. The van der Waals surface area contributed by atoms with Gasteiger partial charge in [-0.3, -0.25) is 0 Å². The summed E-state index contributed by atoms with van der Waals surface area (Å²) in [4.78, 5) is 0. The Kier molecular flexibility index (Phi) is 5.35. The van der Waals surface area contributed by atoms with Crippen molar-refractivity contribution in [1.29, 1.82) is 0 Å². The Labute approximate surface area is 152 Å². The molecular weight excluding hydrogens is 390 g/mol. The third-order valence-corrected chi connectivity index (χ3v) is 6.01. The van der Waals surface area contributed by atoms with Gasteiger partial charge in [0.2, 0.25) is 5.13 Å². The zero-order valence-electron chi connectivity index (χ0n) is 12.8. The summed E-state index contributed by atoms with van der Waals surface area (Å²) in [6.45, 7) is 4.22. The highest BCUT2D eigenvalue weighted by atomic mass is 79.9. The second kappa shape index (κ2) is 7.47. The van der Waals surface area contributed by atoms with Crippen molar-refractivity contribution in [1.82, 2.24) is 10.2 Å². The maximum atomic E-state index is 4.24. The Morgan fingerprint density at radius 2 is 1.83 bits per heavy atom. The molecule has 3 rings (SSSR count). The van der Waals surface area contributed by atoms with Gasteiger partial charge < -0.3 is 5.32 Å². The van der Waals surface area contributed by atoms with Crippen LogP contribution >= 0.6 is 39.0 Å². The van der Waals surface area contributed by atoms with Crippen LogP contribution in [0.2, 0.25) is 0 Å². The molecule has 0 aliphatic heterocycles. The fourth-order valence-electron chi connectivity index (χ4n) is 1.99. The van der Waals surface area contributed by atoms with E-state index in [0.29, 0.717) is 0 Å². The van der Waals surface area contributed by atoms with E-state index in [1.807, 2.05) is 0 Å². The normalized spacial score (nSPS) is 10.7. The van der Waals surface area contributed by atoms with E-state index in [1.54, 1.807) is 23.1 Å². The summed E-state index contributed by atoms with van der Waals surface area (Å²) in [5.74, 6) is 0.894. The van der Waals surface area contributed by atoms with Crippen molar-refractivity contribution >= 4 is 49.8 Å². The van der Waals surface area contributed by atoms with Crippen molar-refractivity contribution in [2.75, 3.05) is 5.32 Å². The second-order valence-electron chi connectivity index (χ2n) is 5.21. The van der Waals surface area contributed by atoms with Gasteiger partial charge in [-0.15, -0.1) is 10.2 Å². The molecule has 1 heterocycles. The lowest BCUT2D eigenvalue weighted by atomic mass is 10.1. The molecule has 0 aliphatic rings. The molecule has 0 saturated carbocycles. The summed E-state index contributed by atoms with van der Waals surface area (Å²) in [5, 5.41) is 12.6. The standard InChI is InChI=1S/C17H16BrN3S2/c1-11-3-8-15(9-12(11)2)19-16-20-21-17(23-16)22-10-13-4-6-14(18)7-5-13/h3-9H,10H2,1-2H3,(H,19,20). The molecule has 0 spiro atoms. The van der Waals surface area contributed by atoms with Crippen LogP contribution in [0, 0.1) is 13.8 Å². The van der Waals surface area contributed by atoms with Gasteiger partial charge >= 0.3 is 0 Å². The summed E-state index contributed by atoms with van der Waals surface area (Å²) in [5.41, 5.74) is 4.88. The van der Waals surface area contributed by atoms with Crippen molar-refractivity contribution in [3.63, 3.8) is 0 Å². The summed E-state index contributed by atoms with van der Waals surface area (Å²) in [6, 6.07) is 14.7. The Balaban J connectivity index is 1.61. The van der Waals surface area contributed by atoms with E-state index < -0.39 is 0 Å². The molecule has 0 fully saturated rings. The number of thioether (sulfide) groups is 1. The number of hydrogen-bond acceptors (Lipinski definition) is 5. The first kappa shape index (κ1) is 16.5. The van der Waals surface area contributed by atoms with E-state index in [0.717, 1.165) is 25.4 Å². The topological polar surface area (TPSA) is 37.8 Å². The molecule has 1 N–H and O–H groups in total. The molecule has 0 saturated heterocycles. The molecule has 0 radical (unpaired) electrons. The van der Waals surface area contributed by atoms with Crippen molar-refractivity contribution in [3.8, 4) is 0 Å². The number of aryl methyl sites for hydroxylation is 2. The number of nitrogens with zero attached hydrogens (tertiary/aromatic N) is 2. The second-order valence-corrected chi connectivity index (χ2v) is 8.33. The van der Waals surface area contributed by atoms with E-state index in [2.05, 4.69) is 87.8 Å². The minimum atomic E-state index is 0.826. The lowest BCUT2D eigenvalue weighted by Crippen LogP contribution is -1.91. The van der Waals surface area contributed by atoms with Crippen LogP contribution in [-0.4, -0.2) is 10.2 Å². The highest BCUT2D eigenvalue weighted by Crippen LogP contribution is 2.30. The van der Waals surface area contributed by atoms with Gasteiger partial charge in [0.05, 0.1) is 0 Å². The third-order valence-electron chi connectivity index (χ3n) is 3.44. The number of halogens is 1. The maximum Gasteiger partial charge on any atom is 0.210 e. The van der Waals surface area contributed by atoms with E-state index >= 15 is 0 Å². The fraction of sp³-hybridized carbons (Fsp3) is 0.176. The molecule has 0 bridgehead atoms. The predicted octanol–water partition coefficient (Wildman–Crippen LogP) is 5.95. The first-order chi connectivity index (χ1) is 11.1. The van der Waals surface area contributed by atoms with Crippen LogP contribution in [0.4, 0.5) is 10.8 Å². The van der Waals surface area contributed by atoms with Crippen molar-refractivity contribution in [2.24, 2.45) is 0 Å². The number of aromatic nitrogens is 2. The SMILES string of the molecule is Cc1ccc(Nc2nnc(SCc3ccc(Br)cc3)s2)cc1C. The average Bonchev–Trinajstić information content (AvgIpc) is 2.98. The molecule has 1 aromatic heterocycles. The smallest absolute Gasteiger partial charge is 0.210 e. The van der Waals surface area contributed by atoms with Crippen LogP contribution in [0.1, 0.15) is 16.7 Å². The fourth-order valence-corrected chi connectivity index (χ4v) is 3.98. The highest BCUT2D eigenvalue weighted by molar-refractivity contribution is 9.10. The van der Waals surface area contributed by atoms with Crippen molar-refractivity contribution < 1.29 is 0 Å². The van der Waals surface area contributed by atoms with Gasteiger partial charge in [-0.2, -0.15) is 0 Å². The lowest BCUT2D eigenvalue weighted by Gasteiger charge is -2.05. The van der Waals surface area contributed by atoms with E-state index in [-0.39, 0.29) is 0 Å². The molecule has 0 unspecified atom stereocenters. The molecule has 118 valence electrons. The number of benzene rings is 2. The number of anilines is 2. The first-order valence-electron chi connectivity index (χ1n) is 7.15. The van der Waals surface area contributed by atoms with E-state index in [1.165, 1.54) is 16.7 Å². The summed E-state index contributed by atoms with van der Waals surface area (Å²) in [6.07, 6.45) is 0. The van der Waals surface area contributed by atoms with Crippen LogP contribution in [0.5, 0.6) is 0 Å². The largest absolute Gasteiger partial charge is 0.330 e. The van der Waals surface area contributed by atoms with E-state index in [9.17, 15) is 0 Å². The van der Waals surface area contributed by atoms with E-state index in [4.69, 9.17) is 0 Å². The Hall–Kier alpha value is -1.37. The van der Waals surface area contributed by atoms with Gasteiger partial charge in [0.15, 0.2) is 4.34 Å². The number of hydrogen-bond donors (Lipinski definition) is 1. The van der Waals surface area contributed by atoms with Gasteiger partial charge in [-0.05, 0) is 54.8 Å². The molecule has 0 amide bonds. The minimum absolute atomic E-state index is 0.826. The summed E-state index contributed by atoms with van der Waals surface area (Å²) in [7, 11) is 0. The van der Waals surface area contributed by atoms with Gasteiger partial charge in [0, 0.05) is 15.9 Å². The van der Waals surface area contributed by atoms with Crippen LogP contribution in [0.25, 0.3) is 0 Å². The monoisotopic (exact) mass is 405 g/mol. The number of nitrogens with one attached hydrogen (secondary N) is 1. The van der Waals surface area contributed by atoms with Gasteiger partial charge in [-0.1, -0.05) is 57.2 Å². The minimum Gasteiger partial charge on any atom is -0.330 e. The van der Waals surface area contributed by atoms with Crippen LogP contribution in [0.3, 0.4) is 0 Å². The zero-order chi connectivity index (χ0) is 16.2. The predicted molar refractivity (Wildman–Crippen MR) is 103 cm³/mol. The zero-order valence-corrected chi connectivity index (χ0v) is 16.1. The van der Waals surface area contributed by atoms with Gasteiger partial charge in [0.25, 0.3) is 0 Å². The highest BCUT2D eigenvalue weighted by Gasteiger charge is 2.06. The molecule has 0 atom stereocenters. The lowest BCUT2D eigenvalue weighted by molar-refractivity contribution is 1.01.